The third-order valence-corrected chi connectivity index (χ3v) is 6.13. The van der Waals surface area contributed by atoms with Gasteiger partial charge in [0.1, 0.15) is 6.10 Å². The average Bonchev–Trinajstić information content (AvgIpc) is 3.17. The SMILES string of the molecule is CCNC(=NCC(O)c1cc2ccccc2s1)NCCCCn1c(C)cccc1=O.I. The zero-order valence-corrected chi connectivity index (χ0v) is 21.2. The highest BCUT2D eigenvalue weighted by atomic mass is 127. The average molecular weight is 554 g/mol. The second-order valence-electron chi connectivity index (χ2n) is 7.21. The lowest BCUT2D eigenvalue weighted by atomic mass is 10.2. The fourth-order valence-electron chi connectivity index (χ4n) is 3.29. The number of hydrogen-bond acceptors (Lipinski definition) is 4. The Hall–Kier alpha value is -1.91. The molecule has 1 atom stereocenters. The standard InChI is InChI=1S/C23H30N4O2S.HI/c1-3-24-23(25-13-6-7-14-27-17(2)9-8-12-22(27)29)26-16-19(28)21-15-18-10-4-5-11-20(18)30-21;/h4-5,8-12,15,19,28H,3,6-7,13-14,16H2,1-2H3,(H2,24,25,26);1H. The van der Waals surface area contributed by atoms with Crippen LogP contribution in [0.2, 0.25) is 0 Å². The van der Waals surface area contributed by atoms with Crippen LogP contribution in [0.1, 0.15) is 36.4 Å². The highest BCUT2D eigenvalue weighted by molar-refractivity contribution is 14.0. The molecule has 0 saturated heterocycles. The van der Waals surface area contributed by atoms with Crippen LogP contribution in [0.25, 0.3) is 10.1 Å². The molecule has 6 nitrogen and oxygen atoms in total. The number of nitrogens with one attached hydrogen (secondary N) is 2. The zero-order valence-electron chi connectivity index (χ0n) is 18.0. The van der Waals surface area contributed by atoms with Crippen molar-refractivity contribution in [3.8, 4) is 0 Å². The van der Waals surface area contributed by atoms with Gasteiger partial charge in [0, 0.05) is 41.0 Å². The number of aryl methyl sites for hydroxylation is 1. The van der Waals surface area contributed by atoms with Crippen LogP contribution in [-0.2, 0) is 6.54 Å². The molecule has 31 heavy (non-hydrogen) atoms. The Bertz CT molecular complexity index is 1010. The summed E-state index contributed by atoms with van der Waals surface area (Å²) >= 11 is 1.61. The third-order valence-electron chi connectivity index (χ3n) is 4.91. The van der Waals surface area contributed by atoms with E-state index in [1.165, 1.54) is 4.70 Å². The molecule has 8 heteroatoms. The Morgan fingerprint density at radius 3 is 2.71 bits per heavy atom. The molecule has 0 spiro atoms. The third kappa shape index (κ3) is 7.33. The van der Waals surface area contributed by atoms with Crippen molar-refractivity contribution < 1.29 is 5.11 Å². The van der Waals surface area contributed by atoms with Crippen LogP contribution < -0.4 is 16.2 Å². The quantitative estimate of drug-likeness (QED) is 0.161. The summed E-state index contributed by atoms with van der Waals surface area (Å²) in [6, 6.07) is 15.5. The highest BCUT2D eigenvalue weighted by Gasteiger charge is 2.11. The number of pyridine rings is 1. The predicted molar refractivity (Wildman–Crippen MR) is 141 cm³/mol. The van der Waals surface area contributed by atoms with Gasteiger partial charge in [-0.05, 0) is 50.3 Å². The number of aromatic nitrogens is 1. The topological polar surface area (TPSA) is 78.7 Å². The molecule has 2 aromatic heterocycles. The van der Waals surface area contributed by atoms with E-state index in [2.05, 4.69) is 27.8 Å². The lowest BCUT2D eigenvalue weighted by Crippen LogP contribution is -2.38. The van der Waals surface area contributed by atoms with Gasteiger partial charge >= 0.3 is 0 Å². The molecule has 0 aliphatic heterocycles. The first-order chi connectivity index (χ1) is 14.6. The van der Waals surface area contributed by atoms with E-state index < -0.39 is 6.10 Å². The molecule has 0 amide bonds. The number of aliphatic hydroxyl groups excluding tert-OH is 1. The van der Waals surface area contributed by atoms with Crippen LogP contribution in [0, 0.1) is 6.92 Å². The maximum absolute atomic E-state index is 11.9. The molecule has 3 N–H and O–H groups in total. The largest absolute Gasteiger partial charge is 0.386 e. The van der Waals surface area contributed by atoms with Crippen molar-refractivity contribution >= 4 is 51.4 Å². The summed E-state index contributed by atoms with van der Waals surface area (Å²) < 4.78 is 2.98. The van der Waals surface area contributed by atoms with Gasteiger partial charge in [-0.25, -0.2) is 0 Å². The van der Waals surface area contributed by atoms with Gasteiger partial charge in [0.15, 0.2) is 5.96 Å². The molecule has 1 aromatic carbocycles. The van der Waals surface area contributed by atoms with Crippen LogP contribution in [0.3, 0.4) is 0 Å². The lowest BCUT2D eigenvalue weighted by molar-refractivity contribution is 0.191. The van der Waals surface area contributed by atoms with Crippen LogP contribution in [-0.4, -0.2) is 35.3 Å². The minimum absolute atomic E-state index is 0. The number of fused-ring (bicyclic) bond motifs is 1. The van der Waals surface area contributed by atoms with Crippen molar-refractivity contribution in [1.29, 1.82) is 0 Å². The number of unbranched alkanes of at least 4 members (excludes halogenated alkanes) is 1. The lowest BCUT2D eigenvalue weighted by Gasteiger charge is -2.13. The monoisotopic (exact) mass is 554 g/mol. The van der Waals surface area contributed by atoms with E-state index in [-0.39, 0.29) is 29.5 Å². The van der Waals surface area contributed by atoms with Crippen molar-refractivity contribution in [3.05, 3.63) is 69.5 Å². The summed E-state index contributed by atoms with van der Waals surface area (Å²) in [5.41, 5.74) is 1.04. The van der Waals surface area contributed by atoms with Crippen molar-refractivity contribution in [2.24, 2.45) is 4.99 Å². The van der Waals surface area contributed by atoms with Gasteiger partial charge in [0.2, 0.25) is 0 Å². The van der Waals surface area contributed by atoms with Crippen molar-refractivity contribution in [3.63, 3.8) is 0 Å². The fraction of sp³-hybridized carbons (Fsp3) is 0.391. The molecule has 3 aromatic rings. The van der Waals surface area contributed by atoms with Gasteiger partial charge in [-0.15, -0.1) is 35.3 Å². The van der Waals surface area contributed by atoms with E-state index >= 15 is 0 Å². The van der Waals surface area contributed by atoms with Gasteiger partial charge in [0.25, 0.3) is 5.56 Å². The first-order valence-corrected chi connectivity index (χ1v) is 11.3. The first-order valence-electron chi connectivity index (χ1n) is 10.4. The molecular weight excluding hydrogens is 523 g/mol. The highest BCUT2D eigenvalue weighted by Crippen LogP contribution is 2.29. The van der Waals surface area contributed by atoms with Crippen molar-refractivity contribution in [2.75, 3.05) is 19.6 Å². The van der Waals surface area contributed by atoms with Gasteiger partial charge < -0.3 is 20.3 Å². The van der Waals surface area contributed by atoms with Gasteiger partial charge in [-0.1, -0.05) is 24.3 Å². The molecule has 0 aliphatic carbocycles. The van der Waals surface area contributed by atoms with Crippen LogP contribution >= 0.6 is 35.3 Å². The Labute approximate surface area is 204 Å². The number of rotatable bonds is 9. The maximum atomic E-state index is 11.9. The smallest absolute Gasteiger partial charge is 0.250 e. The molecule has 3 rings (SSSR count). The molecule has 0 bridgehead atoms. The molecule has 1 unspecified atom stereocenters. The molecule has 2 heterocycles. The number of thiophene rings is 1. The predicted octanol–water partition coefficient (Wildman–Crippen LogP) is 4.06. The Balaban J connectivity index is 0.00000341. The van der Waals surface area contributed by atoms with E-state index in [0.717, 1.165) is 41.9 Å². The molecule has 0 radical (unpaired) electrons. The van der Waals surface area contributed by atoms with Gasteiger partial charge in [-0.2, -0.15) is 0 Å². The summed E-state index contributed by atoms with van der Waals surface area (Å²) in [7, 11) is 0. The first kappa shape index (κ1) is 25.4. The Morgan fingerprint density at radius 1 is 1.16 bits per heavy atom. The maximum Gasteiger partial charge on any atom is 0.250 e. The van der Waals surface area contributed by atoms with E-state index in [1.807, 2.05) is 38.1 Å². The molecule has 0 aliphatic rings. The number of aliphatic imine (C=N–C) groups is 1. The second kappa shape index (κ2) is 12.8. The van der Waals surface area contributed by atoms with Crippen LogP contribution in [0.5, 0.6) is 0 Å². The van der Waals surface area contributed by atoms with Crippen molar-refractivity contribution in [1.82, 2.24) is 15.2 Å². The van der Waals surface area contributed by atoms with Crippen molar-refractivity contribution in [2.45, 2.75) is 39.3 Å². The molecule has 168 valence electrons. The van der Waals surface area contributed by atoms with Crippen LogP contribution in [0.4, 0.5) is 0 Å². The van der Waals surface area contributed by atoms with E-state index in [0.29, 0.717) is 19.0 Å². The summed E-state index contributed by atoms with van der Waals surface area (Å²) in [6.45, 7) is 6.50. The fourth-order valence-corrected chi connectivity index (χ4v) is 4.33. The molecule has 0 fully saturated rings. The molecule has 0 saturated carbocycles. The van der Waals surface area contributed by atoms with Crippen LogP contribution in [0.15, 0.2) is 58.3 Å². The number of guanidine groups is 1. The van der Waals surface area contributed by atoms with E-state index in [4.69, 9.17) is 0 Å². The van der Waals surface area contributed by atoms with Gasteiger partial charge in [0.05, 0.1) is 6.54 Å². The second-order valence-corrected chi connectivity index (χ2v) is 8.33. The number of halogens is 1. The number of nitrogens with zero attached hydrogens (tertiary/aromatic N) is 2. The zero-order chi connectivity index (χ0) is 21.3. The van der Waals surface area contributed by atoms with E-state index in [9.17, 15) is 9.90 Å². The summed E-state index contributed by atoms with van der Waals surface area (Å²) in [5, 5.41) is 18.2. The number of benzene rings is 1. The van der Waals surface area contributed by atoms with E-state index in [1.54, 1.807) is 28.0 Å². The Morgan fingerprint density at radius 2 is 1.97 bits per heavy atom. The van der Waals surface area contributed by atoms with Gasteiger partial charge in [-0.3, -0.25) is 9.79 Å². The molecular formula is C23H31IN4O2S. The normalized spacial score (nSPS) is 12.4. The minimum atomic E-state index is -0.620. The number of hydrogen-bond donors (Lipinski definition) is 3. The summed E-state index contributed by atoms with van der Waals surface area (Å²) in [4.78, 5) is 17.4. The Kier molecular flexibility index (Phi) is 10.5. The summed E-state index contributed by atoms with van der Waals surface area (Å²) in [6.07, 6.45) is 1.21. The number of aliphatic hydroxyl groups is 1. The summed E-state index contributed by atoms with van der Waals surface area (Å²) in [5.74, 6) is 0.700. The minimum Gasteiger partial charge on any atom is -0.386 e.